The summed E-state index contributed by atoms with van der Waals surface area (Å²) in [6.45, 7) is 0. The Morgan fingerprint density at radius 1 is 1.05 bits per heavy atom. The number of esters is 1. The van der Waals surface area contributed by atoms with Crippen LogP contribution < -0.4 is 0 Å². The number of carbonyl (C=O) groups is 1. The van der Waals surface area contributed by atoms with Crippen molar-refractivity contribution in [3.63, 3.8) is 0 Å². The highest BCUT2D eigenvalue weighted by Gasteiger charge is 2.40. The largest absolute Gasteiger partial charge is 0.465 e. The lowest BCUT2D eigenvalue weighted by atomic mass is 10.0. The van der Waals surface area contributed by atoms with Gasteiger partial charge in [0.15, 0.2) is 0 Å². The third-order valence-electron chi connectivity index (χ3n) is 2.12. The molecule has 19 heavy (non-hydrogen) atoms. The minimum Gasteiger partial charge on any atom is -0.465 e. The van der Waals surface area contributed by atoms with Crippen LogP contribution in [0.25, 0.3) is 0 Å². The van der Waals surface area contributed by atoms with Crippen molar-refractivity contribution in [1.29, 1.82) is 0 Å². The Balaban J connectivity index is 3.60. The van der Waals surface area contributed by atoms with Gasteiger partial charge in [-0.25, -0.2) is 4.79 Å². The SMILES string of the molecule is COC(=O)c1cc(C(F)(F)F)c(I)cc1C(F)(F)F. The van der Waals surface area contributed by atoms with E-state index >= 15 is 0 Å². The van der Waals surface area contributed by atoms with Crippen LogP contribution >= 0.6 is 22.6 Å². The number of carbonyl (C=O) groups excluding carboxylic acids is 1. The molecule has 0 heterocycles. The monoisotopic (exact) mass is 398 g/mol. The Labute approximate surface area is 116 Å². The first kappa shape index (κ1) is 16.1. The number of methoxy groups -OCH3 is 1. The summed E-state index contributed by atoms with van der Waals surface area (Å²) in [5, 5.41) is 0. The van der Waals surface area contributed by atoms with E-state index in [1.54, 1.807) is 0 Å². The number of ether oxygens (including phenoxy) is 1. The van der Waals surface area contributed by atoms with Crippen LogP contribution in [0.5, 0.6) is 0 Å². The quantitative estimate of drug-likeness (QED) is 0.405. The Hall–Kier alpha value is -1.00. The zero-order chi connectivity index (χ0) is 15.0. The van der Waals surface area contributed by atoms with E-state index in [1.807, 2.05) is 0 Å². The molecule has 2 nitrogen and oxygen atoms in total. The molecular formula is C10H5F6IO2. The second kappa shape index (κ2) is 5.17. The van der Waals surface area contributed by atoms with Gasteiger partial charge in [0, 0.05) is 3.57 Å². The van der Waals surface area contributed by atoms with Crippen LogP contribution in [0.15, 0.2) is 12.1 Å². The van der Waals surface area contributed by atoms with Crippen LogP contribution in [0.1, 0.15) is 21.5 Å². The highest BCUT2D eigenvalue weighted by molar-refractivity contribution is 14.1. The molecule has 0 saturated heterocycles. The third kappa shape index (κ3) is 3.51. The van der Waals surface area contributed by atoms with Crippen LogP contribution in [0.4, 0.5) is 26.3 Å². The van der Waals surface area contributed by atoms with E-state index in [-0.39, 0.29) is 12.1 Å². The molecule has 0 N–H and O–H groups in total. The molecule has 0 aromatic heterocycles. The summed E-state index contributed by atoms with van der Waals surface area (Å²) in [5.74, 6) is -1.48. The average Bonchev–Trinajstić information content (AvgIpc) is 2.24. The van der Waals surface area contributed by atoms with E-state index in [0.717, 1.165) is 29.7 Å². The lowest BCUT2D eigenvalue weighted by molar-refractivity contribution is -0.142. The molecule has 0 bridgehead atoms. The molecule has 106 valence electrons. The maximum Gasteiger partial charge on any atom is 0.417 e. The predicted octanol–water partition coefficient (Wildman–Crippen LogP) is 4.12. The van der Waals surface area contributed by atoms with Crippen LogP contribution in [0.3, 0.4) is 0 Å². The molecule has 0 amide bonds. The zero-order valence-corrected chi connectivity index (χ0v) is 11.3. The maximum atomic E-state index is 12.7. The van der Waals surface area contributed by atoms with Gasteiger partial charge in [-0.3, -0.25) is 0 Å². The van der Waals surface area contributed by atoms with E-state index in [9.17, 15) is 31.1 Å². The summed E-state index contributed by atoms with van der Waals surface area (Å²) < 4.78 is 79.2. The maximum absolute atomic E-state index is 12.7. The molecular weight excluding hydrogens is 393 g/mol. The smallest absolute Gasteiger partial charge is 0.417 e. The highest BCUT2D eigenvalue weighted by atomic mass is 127. The molecule has 1 aromatic rings. The van der Waals surface area contributed by atoms with Gasteiger partial charge in [0.1, 0.15) is 0 Å². The lowest BCUT2D eigenvalue weighted by Gasteiger charge is -2.16. The van der Waals surface area contributed by atoms with Crippen molar-refractivity contribution in [2.75, 3.05) is 7.11 Å². The van der Waals surface area contributed by atoms with Gasteiger partial charge in [0.2, 0.25) is 0 Å². The Morgan fingerprint density at radius 3 is 1.89 bits per heavy atom. The minimum atomic E-state index is -4.95. The van der Waals surface area contributed by atoms with Gasteiger partial charge >= 0.3 is 18.3 Å². The lowest BCUT2D eigenvalue weighted by Crippen LogP contribution is -2.18. The first-order chi connectivity index (χ1) is 8.48. The van der Waals surface area contributed by atoms with Crippen molar-refractivity contribution in [3.05, 3.63) is 32.4 Å². The van der Waals surface area contributed by atoms with Crippen molar-refractivity contribution in [1.82, 2.24) is 0 Å². The summed E-state index contributed by atoms with van der Waals surface area (Å²) in [6, 6.07) is 0.423. The van der Waals surface area contributed by atoms with Gasteiger partial charge in [-0.2, -0.15) is 26.3 Å². The van der Waals surface area contributed by atoms with Gasteiger partial charge < -0.3 is 4.74 Å². The molecule has 0 fully saturated rings. The average molecular weight is 398 g/mol. The van der Waals surface area contributed by atoms with Gasteiger partial charge in [0.25, 0.3) is 0 Å². The van der Waals surface area contributed by atoms with Gasteiger partial charge in [-0.05, 0) is 34.7 Å². The van der Waals surface area contributed by atoms with Crippen molar-refractivity contribution in [3.8, 4) is 0 Å². The second-order valence-electron chi connectivity index (χ2n) is 3.36. The topological polar surface area (TPSA) is 26.3 Å². The molecule has 0 saturated carbocycles. The van der Waals surface area contributed by atoms with Crippen LogP contribution in [0, 0.1) is 3.57 Å². The first-order valence-corrected chi connectivity index (χ1v) is 5.62. The number of benzene rings is 1. The van der Waals surface area contributed by atoms with Crippen molar-refractivity contribution in [2.45, 2.75) is 12.4 Å². The fraction of sp³-hybridized carbons (Fsp3) is 0.300. The molecule has 0 radical (unpaired) electrons. The molecule has 9 heteroatoms. The van der Waals surface area contributed by atoms with Crippen molar-refractivity contribution >= 4 is 28.6 Å². The van der Waals surface area contributed by atoms with Crippen molar-refractivity contribution in [2.24, 2.45) is 0 Å². The molecule has 0 aliphatic rings. The number of rotatable bonds is 1. The summed E-state index contributed by atoms with van der Waals surface area (Å²) in [5.41, 5.74) is -3.94. The van der Waals surface area contributed by atoms with E-state index < -0.39 is 38.6 Å². The zero-order valence-electron chi connectivity index (χ0n) is 9.12. The van der Waals surface area contributed by atoms with E-state index in [0.29, 0.717) is 0 Å². The molecule has 0 aliphatic carbocycles. The van der Waals surface area contributed by atoms with Crippen LogP contribution in [-0.4, -0.2) is 13.1 Å². The Kier molecular flexibility index (Phi) is 4.37. The number of halogens is 7. The normalized spacial score (nSPS) is 12.4. The highest BCUT2D eigenvalue weighted by Crippen LogP contribution is 2.39. The second-order valence-corrected chi connectivity index (χ2v) is 4.53. The number of alkyl halides is 6. The standard InChI is InChI=1S/C10H5F6IO2/c1-19-8(18)4-2-6(10(14,15)16)7(17)3-5(4)9(11,12)13/h2-3H,1H3. The fourth-order valence-corrected chi connectivity index (χ4v) is 2.08. The number of hydrogen-bond acceptors (Lipinski definition) is 2. The fourth-order valence-electron chi connectivity index (χ4n) is 1.30. The van der Waals surface area contributed by atoms with Crippen LogP contribution in [-0.2, 0) is 17.1 Å². The summed E-state index contributed by atoms with van der Waals surface area (Å²) >= 11 is 1.13. The summed E-state index contributed by atoms with van der Waals surface area (Å²) in [6.07, 6.45) is -9.81. The first-order valence-electron chi connectivity index (χ1n) is 4.54. The third-order valence-corrected chi connectivity index (χ3v) is 3.02. The Morgan fingerprint density at radius 2 is 1.53 bits per heavy atom. The van der Waals surface area contributed by atoms with Crippen molar-refractivity contribution < 1.29 is 35.9 Å². The number of hydrogen-bond donors (Lipinski definition) is 0. The van der Waals surface area contributed by atoms with E-state index in [2.05, 4.69) is 4.74 Å². The van der Waals surface area contributed by atoms with Gasteiger partial charge in [-0.1, -0.05) is 0 Å². The molecule has 1 aromatic carbocycles. The van der Waals surface area contributed by atoms with Crippen LogP contribution in [0.2, 0.25) is 0 Å². The molecule has 0 atom stereocenters. The Bertz CT molecular complexity index is 506. The van der Waals surface area contributed by atoms with E-state index in [1.165, 1.54) is 0 Å². The molecule has 0 spiro atoms. The minimum absolute atomic E-state index is 0.149. The molecule has 1 rings (SSSR count). The van der Waals surface area contributed by atoms with Gasteiger partial charge in [-0.15, -0.1) is 0 Å². The van der Waals surface area contributed by atoms with E-state index in [4.69, 9.17) is 0 Å². The molecule has 0 aliphatic heterocycles. The van der Waals surface area contributed by atoms with Gasteiger partial charge in [0.05, 0.1) is 23.8 Å². The summed E-state index contributed by atoms with van der Waals surface area (Å²) in [7, 11) is 0.785. The molecule has 0 unspecified atom stereocenters. The summed E-state index contributed by atoms with van der Waals surface area (Å²) in [4.78, 5) is 11.2. The predicted molar refractivity (Wildman–Crippen MR) is 60.5 cm³/mol.